The zero-order valence-electron chi connectivity index (χ0n) is 16.8. The van der Waals surface area contributed by atoms with Gasteiger partial charge in [-0.05, 0) is 36.7 Å². The average Bonchev–Trinajstić information content (AvgIpc) is 3.22. The van der Waals surface area contributed by atoms with Crippen LogP contribution in [0.2, 0.25) is 0 Å². The van der Waals surface area contributed by atoms with Crippen LogP contribution in [0, 0.1) is 0 Å². The molecule has 0 aliphatic carbocycles. The minimum Gasteiger partial charge on any atom is -0.382 e. The van der Waals surface area contributed by atoms with Crippen molar-refractivity contribution < 1.29 is 4.74 Å². The predicted molar refractivity (Wildman–Crippen MR) is 124 cm³/mol. The first-order chi connectivity index (χ1) is 14.4. The number of rotatable bonds is 7. The highest BCUT2D eigenvalue weighted by Gasteiger charge is 2.23. The minimum atomic E-state index is -0.643. The molecular formula is C25H27N2OP. The molecule has 4 heteroatoms. The van der Waals surface area contributed by atoms with Crippen LogP contribution < -0.4 is 15.9 Å². The van der Waals surface area contributed by atoms with E-state index in [1.165, 1.54) is 27.9 Å². The Bertz CT molecular complexity index is 890. The molecule has 4 rings (SSSR count). The van der Waals surface area contributed by atoms with Gasteiger partial charge in [-0.25, -0.2) is 0 Å². The number of ether oxygens (including phenoxy) is 1. The molecule has 148 valence electrons. The monoisotopic (exact) mass is 402 g/mol. The maximum Gasteiger partial charge on any atom is 0.0704 e. The third-order valence-electron chi connectivity index (χ3n) is 5.26. The standard InChI is InChI=1S/C25H27N2OP/c1-28-20-22-12-10-18-27(22)26-19-21-11-8-9-17-25(21)29(23-13-4-2-5-14-23)24-15-6-3-7-16-24/h2-9,11,13-17,19,22H,10,12,18,20H2,1H3/b26-19+/t22-/m1/s1. The summed E-state index contributed by atoms with van der Waals surface area (Å²) < 4.78 is 5.37. The Hall–Kier alpha value is -2.48. The first kappa shape index (κ1) is 19.8. The second-order valence-electron chi connectivity index (χ2n) is 7.22. The van der Waals surface area contributed by atoms with Crippen molar-refractivity contribution in [3.63, 3.8) is 0 Å². The topological polar surface area (TPSA) is 24.8 Å². The summed E-state index contributed by atoms with van der Waals surface area (Å²) in [4.78, 5) is 0. The van der Waals surface area contributed by atoms with Gasteiger partial charge >= 0.3 is 0 Å². The third kappa shape index (κ3) is 4.75. The van der Waals surface area contributed by atoms with Gasteiger partial charge in [0.2, 0.25) is 0 Å². The second kappa shape index (κ2) is 9.82. The fourth-order valence-corrected chi connectivity index (χ4v) is 6.27. The van der Waals surface area contributed by atoms with Gasteiger partial charge in [0.05, 0.1) is 18.9 Å². The maximum atomic E-state index is 5.37. The lowest BCUT2D eigenvalue weighted by Crippen LogP contribution is -2.29. The van der Waals surface area contributed by atoms with E-state index in [2.05, 4.69) is 89.9 Å². The number of nitrogens with zero attached hydrogens (tertiary/aromatic N) is 2. The van der Waals surface area contributed by atoms with E-state index in [1.807, 2.05) is 6.21 Å². The van der Waals surface area contributed by atoms with E-state index in [-0.39, 0.29) is 0 Å². The molecule has 0 amide bonds. The molecule has 3 aromatic rings. The van der Waals surface area contributed by atoms with Gasteiger partial charge in [0, 0.05) is 19.2 Å². The molecule has 29 heavy (non-hydrogen) atoms. The average molecular weight is 402 g/mol. The van der Waals surface area contributed by atoms with Crippen molar-refractivity contribution in [1.29, 1.82) is 0 Å². The zero-order valence-corrected chi connectivity index (χ0v) is 17.7. The van der Waals surface area contributed by atoms with Crippen LogP contribution in [-0.4, -0.2) is 37.5 Å². The van der Waals surface area contributed by atoms with E-state index in [0.717, 1.165) is 19.6 Å². The highest BCUT2D eigenvalue weighted by atomic mass is 31.1. The van der Waals surface area contributed by atoms with Crippen molar-refractivity contribution >= 4 is 30.0 Å². The van der Waals surface area contributed by atoms with Gasteiger partial charge in [-0.3, -0.25) is 5.01 Å². The number of methoxy groups -OCH3 is 1. The van der Waals surface area contributed by atoms with E-state index in [4.69, 9.17) is 9.84 Å². The first-order valence-corrected chi connectivity index (χ1v) is 11.5. The molecule has 1 saturated heterocycles. The summed E-state index contributed by atoms with van der Waals surface area (Å²) in [5.74, 6) is 0. The molecule has 1 atom stereocenters. The van der Waals surface area contributed by atoms with Gasteiger partial charge in [0.1, 0.15) is 0 Å². The van der Waals surface area contributed by atoms with Crippen molar-refractivity contribution in [2.24, 2.45) is 5.10 Å². The van der Waals surface area contributed by atoms with Crippen LogP contribution in [0.4, 0.5) is 0 Å². The molecule has 1 heterocycles. The van der Waals surface area contributed by atoms with Gasteiger partial charge in [-0.2, -0.15) is 5.10 Å². The lowest BCUT2D eigenvalue weighted by molar-refractivity contribution is 0.118. The Kier molecular flexibility index (Phi) is 6.71. The summed E-state index contributed by atoms with van der Waals surface area (Å²) in [5.41, 5.74) is 1.19. The molecule has 0 saturated carbocycles. The number of benzene rings is 3. The van der Waals surface area contributed by atoms with Crippen molar-refractivity contribution in [3.05, 3.63) is 90.5 Å². The van der Waals surface area contributed by atoms with E-state index >= 15 is 0 Å². The third-order valence-corrected chi connectivity index (χ3v) is 7.77. The van der Waals surface area contributed by atoms with E-state index in [9.17, 15) is 0 Å². The molecular weight excluding hydrogens is 375 g/mol. The number of hydrogen-bond donors (Lipinski definition) is 0. The summed E-state index contributed by atoms with van der Waals surface area (Å²) in [5, 5.41) is 11.1. The van der Waals surface area contributed by atoms with Gasteiger partial charge in [0.15, 0.2) is 0 Å². The normalized spacial score (nSPS) is 16.8. The first-order valence-electron chi connectivity index (χ1n) is 10.2. The molecule has 0 N–H and O–H groups in total. The number of hydrogen-bond acceptors (Lipinski definition) is 3. The predicted octanol–water partition coefficient (Wildman–Crippen LogP) is 3.89. The Morgan fingerprint density at radius 2 is 1.55 bits per heavy atom. The molecule has 1 aliphatic heterocycles. The maximum absolute atomic E-state index is 5.37. The van der Waals surface area contributed by atoms with Gasteiger partial charge in [-0.15, -0.1) is 0 Å². The summed E-state index contributed by atoms with van der Waals surface area (Å²) in [6.07, 6.45) is 4.37. The van der Waals surface area contributed by atoms with Crippen LogP contribution in [-0.2, 0) is 4.74 Å². The fourth-order valence-electron chi connectivity index (χ4n) is 3.85. The van der Waals surface area contributed by atoms with E-state index in [0.29, 0.717) is 6.04 Å². The van der Waals surface area contributed by atoms with Crippen molar-refractivity contribution in [1.82, 2.24) is 5.01 Å². The lowest BCUT2D eigenvalue weighted by Gasteiger charge is -2.22. The van der Waals surface area contributed by atoms with E-state index in [1.54, 1.807) is 7.11 Å². The highest BCUT2D eigenvalue weighted by molar-refractivity contribution is 7.80. The van der Waals surface area contributed by atoms with E-state index < -0.39 is 7.92 Å². The van der Waals surface area contributed by atoms with Crippen molar-refractivity contribution in [2.75, 3.05) is 20.3 Å². The Balaban J connectivity index is 1.71. The molecule has 0 spiro atoms. The fraction of sp³-hybridized carbons (Fsp3) is 0.240. The van der Waals surface area contributed by atoms with Crippen molar-refractivity contribution in [2.45, 2.75) is 18.9 Å². The van der Waals surface area contributed by atoms with Gasteiger partial charge < -0.3 is 4.74 Å². The Morgan fingerprint density at radius 3 is 2.21 bits per heavy atom. The van der Waals surface area contributed by atoms with Crippen LogP contribution in [0.25, 0.3) is 0 Å². The Morgan fingerprint density at radius 1 is 0.931 bits per heavy atom. The molecule has 0 unspecified atom stereocenters. The van der Waals surface area contributed by atoms with Crippen LogP contribution in [0.3, 0.4) is 0 Å². The highest BCUT2D eigenvalue weighted by Crippen LogP contribution is 2.33. The van der Waals surface area contributed by atoms with Crippen LogP contribution in [0.15, 0.2) is 90.0 Å². The van der Waals surface area contributed by atoms with Gasteiger partial charge in [0.25, 0.3) is 0 Å². The molecule has 3 nitrogen and oxygen atoms in total. The molecule has 1 fully saturated rings. The summed E-state index contributed by atoms with van der Waals surface area (Å²) in [6.45, 7) is 1.73. The quantitative estimate of drug-likeness (QED) is 0.443. The second-order valence-corrected chi connectivity index (χ2v) is 9.41. The summed E-state index contributed by atoms with van der Waals surface area (Å²) >= 11 is 0. The zero-order chi connectivity index (χ0) is 19.9. The van der Waals surface area contributed by atoms with Crippen molar-refractivity contribution in [3.8, 4) is 0 Å². The van der Waals surface area contributed by atoms with Crippen LogP contribution >= 0.6 is 7.92 Å². The van der Waals surface area contributed by atoms with Gasteiger partial charge in [-0.1, -0.05) is 84.9 Å². The van der Waals surface area contributed by atoms with Crippen LogP contribution in [0.1, 0.15) is 18.4 Å². The lowest BCUT2D eigenvalue weighted by atomic mass is 10.2. The SMILES string of the molecule is COC[C@H]1CCCN1/N=C/c1ccccc1P(c1ccccc1)c1ccccc1. The smallest absolute Gasteiger partial charge is 0.0704 e. The Labute approximate surface area is 174 Å². The largest absolute Gasteiger partial charge is 0.382 e. The summed E-state index contributed by atoms with van der Waals surface area (Å²) in [6, 6.07) is 30.7. The number of hydrazone groups is 1. The molecule has 1 aliphatic rings. The molecule has 0 bridgehead atoms. The minimum absolute atomic E-state index is 0.383. The van der Waals surface area contributed by atoms with Crippen LogP contribution in [0.5, 0.6) is 0 Å². The molecule has 3 aromatic carbocycles. The molecule has 0 aromatic heterocycles. The summed E-state index contributed by atoms with van der Waals surface area (Å²) in [7, 11) is 1.12. The molecule has 0 radical (unpaired) electrons.